The summed E-state index contributed by atoms with van der Waals surface area (Å²) in [4.78, 5) is 5.48. The molecule has 0 saturated carbocycles. The van der Waals surface area contributed by atoms with E-state index in [1.54, 1.807) is 0 Å². The van der Waals surface area contributed by atoms with Gasteiger partial charge in [-0.2, -0.15) is 0 Å². The molecule has 3 heteroatoms. The van der Waals surface area contributed by atoms with Crippen LogP contribution in [0.1, 0.15) is 58.2 Å². The van der Waals surface area contributed by atoms with Crippen molar-refractivity contribution in [3.05, 3.63) is 203 Å². The normalized spacial score (nSPS) is 15.7. The summed E-state index contributed by atoms with van der Waals surface area (Å²) in [6.45, 7) is 10.6. The Morgan fingerprint density at radius 3 is 1.91 bits per heavy atom. The molecule has 2 unspecified atom stereocenters. The second-order valence-corrected chi connectivity index (χ2v) is 14.7. The fourth-order valence-electron chi connectivity index (χ4n) is 8.10. The lowest BCUT2D eigenvalue weighted by atomic mass is 9.89. The molecule has 3 nitrogen and oxygen atoms in total. The average Bonchev–Trinajstić information content (AvgIpc) is 3.22. The first-order valence-corrected chi connectivity index (χ1v) is 19.1. The number of fused-ring (bicyclic) bond motifs is 3. The van der Waals surface area contributed by atoms with Crippen LogP contribution in [-0.4, -0.2) is 5.84 Å². The number of amidine groups is 1. The first kappa shape index (κ1) is 34.2. The maximum absolute atomic E-state index is 5.48. The van der Waals surface area contributed by atoms with Gasteiger partial charge >= 0.3 is 0 Å². The fourth-order valence-corrected chi connectivity index (χ4v) is 8.10. The van der Waals surface area contributed by atoms with Crippen LogP contribution in [0.25, 0.3) is 66.7 Å². The highest BCUT2D eigenvalue weighted by Crippen LogP contribution is 2.37. The Balaban J connectivity index is 1.25. The molecule has 2 N–H and O–H groups in total. The second kappa shape index (κ2) is 14.4. The number of rotatable bonds is 7. The van der Waals surface area contributed by atoms with Gasteiger partial charge in [-0.05, 0) is 128 Å². The van der Waals surface area contributed by atoms with Crippen LogP contribution in [0.2, 0.25) is 0 Å². The average molecular weight is 710 g/mol. The van der Waals surface area contributed by atoms with E-state index in [0.717, 1.165) is 50.3 Å². The summed E-state index contributed by atoms with van der Waals surface area (Å²) in [5, 5.41) is 15.1. The van der Waals surface area contributed by atoms with Crippen molar-refractivity contribution in [2.45, 2.75) is 33.1 Å². The lowest BCUT2D eigenvalue weighted by Gasteiger charge is -2.32. The Hall–Kier alpha value is -6.55. The predicted molar refractivity (Wildman–Crippen MR) is 235 cm³/mol. The van der Waals surface area contributed by atoms with E-state index in [1.165, 1.54) is 49.0 Å². The molecule has 9 rings (SSSR count). The van der Waals surface area contributed by atoms with Gasteiger partial charge in [-0.1, -0.05) is 157 Å². The third-order valence-corrected chi connectivity index (χ3v) is 10.9. The molecule has 1 aliphatic heterocycles. The second-order valence-electron chi connectivity index (χ2n) is 14.7. The minimum absolute atomic E-state index is 0.191. The third-order valence-electron chi connectivity index (χ3n) is 10.9. The number of nitrogens with one attached hydrogen (secondary N) is 2. The number of aryl methyl sites for hydroxylation is 2. The predicted octanol–water partition coefficient (Wildman–Crippen LogP) is 13.1. The SMILES string of the molecule is C=Cc1c(/C=C\C)cccc1-c1cc(C2=NC(c3ccc4cc(C)ccc4c3)NC(c3ccc4cc(C)ccc4c3)N2)cc(-c2cccc3ccccc23)c1. The maximum Gasteiger partial charge on any atom is 0.131 e. The summed E-state index contributed by atoms with van der Waals surface area (Å²) >= 11 is 0. The Labute approximate surface area is 323 Å². The first-order valence-electron chi connectivity index (χ1n) is 19.1. The molecule has 0 bridgehead atoms. The molecule has 1 heterocycles. The van der Waals surface area contributed by atoms with Gasteiger partial charge in [-0.25, -0.2) is 4.99 Å². The van der Waals surface area contributed by atoms with E-state index in [2.05, 4.69) is 202 Å². The number of hydrogen-bond acceptors (Lipinski definition) is 3. The molecule has 2 atom stereocenters. The highest BCUT2D eigenvalue weighted by Gasteiger charge is 2.27. The monoisotopic (exact) mass is 709 g/mol. The Bertz CT molecular complexity index is 2840. The first-order chi connectivity index (χ1) is 26.9. The van der Waals surface area contributed by atoms with Crippen LogP contribution in [0.3, 0.4) is 0 Å². The Kier molecular flexibility index (Phi) is 8.93. The van der Waals surface area contributed by atoms with E-state index in [9.17, 15) is 0 Å². The molecule has 8 aromatic carbocycles. The van der Waals surface area contributed by atoms with Crippen molar-refractivity contribution in [1.29, 1.82) is 0 Å². The molecule has 0 aliphatic carbocycles. The van der Waals surface area contributed by atoms with E-state index in [4.69, 9.17) is 4.99 Å². The standard InChI is InChI=1S/C52H43N3/c1-5-11-35-13-9-16-48(46(35)6-2)43-30-44(49-17-10-14-36-12-7-8-15-47(36)49)32-45(31-43)52-54-50(41-24-22-37-26-33(3)18-20-39(37)28-41)53-51(55-52)42-25-23-38-27-34(4)19-21-40(38)29-42/h5-32,50-51,53H,2H2,1,3-4H3,(H,54,55)/b11-5-. The fraction of sp³-hybridized carbons (Fsp3) is 0.0962. The molecule has 0 saturated heterocycles. The maximum atomic E-state index is 5.48. The number of benzene rings is 8. The summed E-state index contributed by atoms with van der Waals surface area (Å²) < 4.78 is 0. The van der Waals surface area contributed by atoms with E-state index >= 15 is 0 Å². The highest BCUT2D eigenvalue weighted by molar-refractivity contribution is 6.04. The van der Waals surface area contributed by atoms with Gasteiger partial charge in [-0.15, -0.1) is 0 Å². The lowest BCUT2D eigenvalue weighted by molar-refractivity contribution is 0.409. The van der Waals surface area contributed by atoms with Crippen LogP contribution >= 0.6 is 0 Å². The number of aliphatic imine (C=N–C) groups is 1. The highest BCUT2D eigenvalue weighted by atomic mass is 15.3. The zero-order valence-electron chi connectivity index (χ0n) is 31.5. The summed E-state index contributed by atoms with van der Waals surface area (Å²) in [7, 11) is 0. The molecule has 8 aromatic rings. The van der Waals surface area contributed by atoms with Gasteiger partial charge in [0.15, 0.2) is 0 Å². The van der Waals surface area contributed by atoms with Crippen molar-refractivity contribution < 1.29 is 0 Å². The zero-order valence-corrected chi connectivity index (χ0v) is 31.5. The molecule has 55 heavy (non-hydrogen) atoms. The van der Waals surface area contributed by atoms with Gasteiger partial charge in [0, 0.05) is 5.56 Å². The molecule has 266 valence electrons. The molecular weight excluding hydrogens is 667 g/mol. The molecule has 0 amide bonds. The number of nitrogens with zero attached hydrogens (tertiary/aromatic N) is 1. The van der Waals surface area contributed by atoms with Gasteiger partial charge in [0.2, 0.25) is 0 Å². The van der Waals surface area contributed by atoms with Crippen molar-refractivity contribution in [2.75, 3.05) is 0 Å². The smallest absolute Gasteiger partial charge is 0.131 e. The summed E-state index contributed by atoms with van der Waals surface area (Å²) in [6.07, 6.45) is 5.73. The van der Waals surface area contributed by atoms with Crippen molar-refractivity contribution in [3.63, 3.8) is 0 Å². The van der Waals surface area contributed by atoms with Gasteiger partial charge in [0.1, 0.15) is 18.2 Å². The molecule has 0 spiro atoms. The lowest BCUT2D eigenvalue weighted by Crippen LogP contribution is -2.45. The molecule has 0 radical (unpaired) electrons. The molecule has 0 fully saturated rings. The quantitative estimate of drug-likeness (QED) is 0.173. The minimum atomic E-state index is -0.285. The van der Waals surface area contributed by atoms with E-state index in [0.29, 0.717) is 0 Å². The molecule has 0 aromatic heterocycles. The summed E-state index contributed by atoms with van der Waals surface area (Å²) in [6, 6.07) is 55.3. The molecule has 1 aliphatic rings. The summed E-state index contributed by atoms with van der Waals surface area (Å²) in [5.41, 5.74) is 12.6. The van der Waals surface area contributed by atoms with Crippen molar-refractivity contribution >= 4 is 50.3 Å². The van der Waals surface area contributed by atoms with Crippen LogP contribution in [0.4, 0.5) is 0 Å². The van der Waals surface area contributed by atoms with Crippen molar-refractivity contribution in [3.8, 4) is 22.3 Å². The van der Waals surface area contributed by atoms with Gasteiger partial charge < -0.3 is 5.32 Å². The van der Waals surface area contributed by atoms with Crippen LogP contribution in [0, 0.1) is 13.8 Å². The van der Waals surface area contributed by atoms with E-state index < -0.39 is 0 Å². The van der Waals surface area contributed by atoms with Crippen molar-refractivity contribution in [2.24, 2.45) is 4.99 Å². The van der Waals surface area contributed by atoms with Crippen molar-refractivity contribution in [1.82, 2.24) is 10.6 Å². The van der Waals surface area contributed by atoms with Crippen LogP contribution in [-0.2, 0) is 0 Å². The van der Waals surface area contributed by atoms with Gasteiger partial charge in [0.25, 0.3) is 0 Å². The Morgan fingerprint density at radius 1 is 0.564 bits per heavy atom. The van der Waals surface area contributed by atoms with Gasteiger partial charge in [0.05, 0.1) is 0 Å². The van der Waals surface area contributed by atoms with Crippen LogP contribution in [0.15, 0.2) is 169 Å². The van der Waals surface area contributed by atoms with E-state index in [1.807, 2.05) is 6.08 Å². The van der Waals surface area contributed by atoms with Crippen LogP contribution < -0.4 is 10.6 Å². The number of allylic oxidation sites excluding steroid dienone is 1. The minimum Gasteiger partial charge on any atom is -0.350 e. The van der Waals surface area contributed by atoms with Crippen LogP contribution in [0.5, 0.6) is 0 Å². The largest absolute Gasteiger partial charge is 0.350 e. The topological polar surface area (TPSA) is 36.4 Å². The zero-order chi connectivity index (χ0) is 37.5. The van der Waals surface area contributed by atoms with Gasteiger partial charge in [-0.3, -0.25) is 5.32 Å². The third kappa shape index (κ3) is 6.65. The van der Waals surface area contributed by atoms with E-state index in [-0.39, 0.29) is 12.3 Å². The summed E-state index contributed by atoms with van der Waals surface area (Å²) in [5.74, 6) is 0.842. The Morgan fingerprint density at radius 2 is 1.16 bits per heavy atom. The molecular formula is C52H43N3. The number of hydrogen-bond donors (Lipinski definition) is 2.